The van der Waals surface area contributed by atoms with Crippen molar-refractivity contribution in [1.82, 2.24) is 0 Å². The van der Waals surface area contributed by atoms with Gasteiger partial charge in [0, 0.05) is 12.1 Å². The van der Waals surface area contributed by atoms with Crippen LogP contribution in [0.25, 0.3) is 0 Å². The zero-order valence-electron chi connectivity index (χ0n) is 13.7. The topological polar surface area (TPSA) is 164 Å². The normalized spacial score (nSPS) is 12.5. The maximum atomic E-state index is 12.2. The van der Waals surface area contributed by atoms with E-state index in [1.165, 1.54) is 0 Å². The fourth-order valence-electron chi connectivity index (χ4n) is 1.79. The summed E-state index contributed by atoms with van der Waals surface area (Å²) < 4.78 is 8.39. The Balaban J connectivity index is 3.17. The van der Waals surface area contributed by atoms with Crippen LogP contribution in [-0.4, -0.2) is 48.8 Å². The van der Waals surface area contributed by atoms with Crippen LogP contribution in [0.5, 0.6) is 0 Å². The van der Waals surface area contributed by atoms with Crippen LogP contribution in [0.1, 0.15) is 0 Å². The van der Waals surface area contributed by atoms with Crippen LogP contribution in [-0.2, 0) is 33.4 Å². The first-order chi connectivity index (χ1) is 12.5. The lowest BCUT2D eigenvalue weighted by Crippen LogP contribution is -2.99. The van der Waals surface area contributed by atoms with E-state index >= 15 is 0 Å². The number of methoxy groups -OCH3 is 2. The monoisotopic (exact) mass is 422 g/mol. The van der Waals surface area contributed by atoms with Crippen LogP contribution in [0.2, 0.25) is 10.0 Å². The van der Waals surface area contributed by atoms with Gasteiger partial charge in [0.2, 0.25) is 5.78 Å². The molecule has 3 N–H and O–H groups in total. The number of anilines is 1. The maximum absolute atomic E-state index is 12.2. The molecule has 0 saturated carbocycles. The van der Waals surface area contributed by atoms with E-state index in [9.17, 15) is 29.2 Å². The van der Waals surface area contributed by atoms with Crippen molar-refractivity contribution < 1.29 is 43.9 Å². The predicted molar refractivity (Wildman–Crippen MR) is 88.4 cm³/mol. The molecule has 0 saturated heterocycles. The van der Waals surface area contributed by atoms with Crippen molar-refractivity contribution in [2.24, 2.45) is 5.92 Å². The number of ketones is 2. The van der Waals surface area contributed by atoms with Gasteiger partial charge in [0.25, 0.3) is 11.7 Å². The molecule has 0 aromatic heterocycles. The molecule has 2 unspecified atom stereocenters. The van der Waals surface area contributed by atoms with Crippen LogP contribution >= 0.6 is 23.2 Å². The van der Waals surface area contributed by atoms with Gasteiger partial charge < -0.3 is 20.0 Å². The molecule has 1 aromatic rings. The van der Waals surface area contributed by atoms with Gasteiger partial charge in [-0.15, -0.1) is 0 Å². The third-order valence-electron chi connectivity index (χ3n) is 3.10. The number of carbonyl (C=O) groups is 5. The smallest absolute Gasteiger partial charge is 0.375 e. The van der Waals surface area contributed by atoms with Gasteiger partial charge in [0.15, 0.2) is 11.6 Å². The fourth-order valence-corrected chi connectivity index (χ4v) is 2.37. The average molecular weight is 423 g/mol. The SMILES string of the molecule is COC(=O)C(=O)C(C(=O)OC)C(=O)C(=O)Nc1c(Cl)cc([NH+]([O-])O)cc1Cl. The molecular weight excluding hydrogens is 411 g/mol. The minimum Gasteiger partial charge on any atom is -0.595 e. The highest BCUT2D eigenvalue weighted by Gasteiger charge is 2.43. The predicted octanol–water partition coefficient (Wildman–Crippen LogP) is -0.564. The Kier molecular flexibility index (Phi) is 7.82. The summed E-state index contributed by atoms with van der Waals surface area (Å²) >= 11 is 11.7. The molecule has 0 aliphatic heterocycles. The number of Topliss-reactive ketones (excluding diaryl/α,β-unsaturated/α-hetero) is 2. The summed E-state index contributed by atoms with van der Waals surface area (Å²) in [5, 5.41) is 19.8. The summed E-state index contributed by atoms with van der Waals surface area (Å²) in [5.41, 5.74) is -0.626. The van der Waals surface area contributed by atoms with Crippen molar-refractivity contribution in [3.63, 3.8) is 0 Å². The van der Waals surface area contributed by atoms with Crippen LogP contribution in [0.15, 0.2) is 12.1 Å². The number of halogens is 2. The average Bonchev–Trinajstić information content (AvgIpc) is 2.62. The van der Waals surface area contributed by atoms with Crippen molar-refractivity contribution in [2.75, 3.05) is 19.5 Å². The zero-order valence-corrected chi connectivity index (χ0v) is 15.2. The van der Waals surface area contributed by atoms with E-state index in [0.29, 0.717) is 0 Å². The van der Waals surface area contributed by atoms with E-state index < -0.39 is 40.6 Å². The second-order valence-corrected chi connectivity index (χ2v) is 5.56. The zero-order chi connectivity index (χ0) is 20.9. The van der Waals surface area contributed by atoms with Crippen LogP contribution in [0.4, 0.5) is 11.4 Å². The lowest BCUT2D eigenvalue weighted by atomic mass is 9.98. The van der Waals surface area contributed by atoms with E-state index in [-0.39, 0.29) is 21.4 Å². The summed E-state index contributed by atoms with van der Waals surface area (Å²) in [6, 6.07) is 1.90. The molecule has 0 heterocycles. The lowest BCUT2D eigenvalue weighted by molar-refractivity contribution is -0.991. The highest BCUT2D eigenvalue weighted by Crippen LogP contribution is 2.32. The molecule has 13 heteroatoms. The Labute approximate surface area is 161 Å². The first kappa shape index (κ1) is 22.5. The number of ether oxygens (including phenoxy) is 2. The maximum Gasteiger partial charge on any atom is 0.375 e. The van der Waals surface area contributed by atoms with Crippen LogP contribution in [0.3, 0.4) is 0 Å². The number of benzene rings is 1. The number of amides is 1. The Morgan fingerprint density at radius 3 is 2.00 bits per heavy atom. The molecule has 0 bridgehead atoms. The molecule has 0 aliphatic rings. The molecule has 0 spiro atoms. The van der Waals surface area contributed by atoms with Gasteiger partial charge in [-0.3, -0.25) is 19.2 Å². The molecule has 1 aromatic carbocycles. The van der Waals surface area contributed by atoms with Crippen molar-refractivity contribution in [3.8, 4) is 0 Å². The first-order valence-electron chi connectivity index (χ1n) is 6.82. The molecule has 146 valence electrons. The summed E-state index contributed by atoms with van der Waals surface area (Å²) in [7, 11) is 1.67. The van der Waals surface area contributed by atoms with Crippen LogP contribution < -0.4 is 10.5 Å². The lowest BCUT2D eigenvalue weighted by Gasteiger charge is -2.15. The van der Waals surface area contributed by atoms with Gasteiger partial charge in [0.05, 0.1) is 30.0 Å². The summed E-state index contributed by atoms with van der Waals surface area (Å²) in [4.78, 5) is 59.1. The number of quaternary nitrogens is 1. The van der Waals surface area contributed by atoms with E-state index in [4.69, 9.17) is 28.4 Å². The van der Waals surface area contributed by atoms with Gasteiger partial charge in [-0.05, 0) is 0 Å². The largest absolute Gasteiger partial charge is 0.595 e. The quantitative estimate of drug-likeness (QED) is 0.226. The van der Waals surface area contributed by atoms with Gasteiger partial charge in [-0.1, -0.05) is 23.2 Å². The third-order valence-corrected chi connectivity index (χ3v) is 3.70. The molecule has 0 radical (unpaired) electrons. The Bertz CT molecular complexity index is 787. The highest BCUT2D eigenvalue weighted by molar-refractivity contribution is 6.55. The minimum atomic E-state index is -2.39. The highest BCUT2D eigenvalue weighted by atomic mass is 35.5. The van der Waals surface area contributed by atoms with Crippen molar-refractivity contribution >= 4 is 64.0 Å². The molecule has 0 fully saturated rings. The fraction of sp³-hybridized carbons (Fsp3) is 0.214. The van der Waals surface area contributed by atoms with E-state index in [0.717, 1.165) is 26.4 Å². The Morgan fingerprint density at radius 2 is 1.59 bits per heavy atom. The van der Waals surface area contributed by atoms with Gasteiger partial charge >= 0.3 is 11.9 Å². The number of esters is 2. The molecule has 27 heavy (non-hydrogen) atoms. The molecule has 2 atom stereocenters. The first-order valence-corrected chi connectivity index (χ1v) is 7.58. The molecule has 11 nitrogen and oxygen atoms in total. The molecule has 0 aliphatic carbocycles. The number of rotatable bonds is 7. The standard InChI is InChI=1S/C14H12Cl2N2O9/c1-26-13(22)8(11(20)14(23)27-2)10(19)12(21)17-9-6(15)3-5(18(24)25)4-7(9)16/h3-4,8,18,24H,1-2H3,(H,17,21). The van der Waals surface area contributed by atoms with Crippen molar-refractivity contribution in [1.29, 1.82) is 0 Å². The number of nitrogens with one attached hydrogen (secondary N) is 2. The molecule has 1 amide bonds. The van der Waals surface area contributed by atoms with Crippen molar-refractivity contribution in [2.45, 2.75) is 0 Å². The number of hydrogen-bond donors (Lipinski definition) is 3. The number of carbonyl (C=O) groups excluding carboxylic acids is 5. The van der Waals surface area contributed by atoms with Crippen LogP contribution in [0, 0.1) is 11.1 Å². The molecule has 1 rings (SSSR count). The molecular formula is C14H12Cl2N2O9. The van der Waals surface area contributed by atoms with Gasteiger partial charge in [0.1, 0.15) is 0 Å². The second-order valence-electron chi connectivity index (χ2n) is 4.75. The second kappa shape index (κ2) is 9.39. The van der Waals surface area contributed by atoms with Gasteiger partial charge in [-0.2, -0.15) is 5.23 Å². The minimum absolute atomic E-state index is 0.289. The number of hydrogen-bond acceptors (Lipinski definition) is 9. The summed E-state index contributed by atoms with van der Waals surface area (Å²) in [6.45, 7) is 0. The van der Waals surface area contributed by atoms with Crippen molar-refractivity contribution in [3.05, 3.63) is 27.4 Å². The van der Waals surface area contributed by atoms with Gasteiger partial charge in [-0.25, -0.2) is 10.0 Å². The van der Waals surface area contributed by atoms with E-state index in [2.05, 4.69) is 9.47 Å². The van der Waals surface area contributed by atoms with E-state index in [1.807, 2.05) is 5.32 Å². The summed E-state index contributed by atoms with van der Waals surface area (Å²) in [5.74, 6) is -10.1. The Morgan fingerprint density at radius 1 is 1.07 bits per heavy atom. The Hall–Kier alpha value is -2.57. The van der Waals surface area contributed by atoms with E-state index in [1.54, 1.807) is 0 Å². The summed E-state index contributed by atoms with van der Waals surface area (Å²) in [6.07, 6.45) is 0. The third kappa shape index (κ3) is 5.21.